The molecule has 1 aliphatic heterocycles. The Morgan fingerprint density at radius 2 is 1.90 bits per heavy atom. The molecule has 1 aliphatic rings. The van der Waals surface area contributed by atoms with E-state index in [9.17, 15) is 14.4 Å². The molecule has 1 amide bonds. The standard InChI is InChI=1S/C21H22FN3O3Si/c22-14-2-4-16-15-3-1-13(9-17(15)28-18(16)10-14)11-21(29,12-23)25-19(26)20(24)5-7-27-8-6-20/h1-4,9-10H,5-8,11,24H2,29H3,(H,25,26)/t21-/m0/s1. The Balaban J connectivity index is 1.58. The van der Waals surface area contributed by atoms with Gasteiger partial charge < -0.3 is 20.2 Å². The van der Waals surface area contributed by atoms with Crippen molar-refractivity contribution in [2.75, 3.05) is 13.2 Å². The summed E-state index contributed by atoms with van der Waals surface area (Å²) in [4.78, 5) is 12.8. The Labute approximate surface area is 170 Å². The second-order valence-corrected chi connectivity index (χ2v) is 9.62. The van der Waals surface area contributed by atoms with Gasteiger partial charge in [0.2, 0.25) is 5.91 Å². The molecule has 8 heteroatoms. The van der Waals surface area contributed by atoms with Gasteiger partial charge in [-0.2, -0.15) is 5.26 Å². The molecule has 3 N–H and O–H groups in total. The lowest BCUT2D eigenvalue weighted by Gasteiger charge is -2.35. The van der Waals surface area contributed by atoms with E-state index in [1.165, 1.54) is 12.1 Å². The van der Waals surface area contributed by atoms with E-state index >= 15 is 0 Å². The number of furan rings is 1. The van der Waals surface area contributed by atoms with Crippen LogP contribution in [0.15, 0.2) is 40.8 Å². The smallest absolute Gasteiger partial charge is 0.241 e. The largest absolute Gasteiger partial charge is 0.456 e. The molecule has 0 aliphatic carbocycles. The van der Waals surface area contributed by atoms with Gasteiger partial charge in [0, 0.05) is 36.5 Å². The molecular formula is C21H22FN3O3Si. The number of nitrogens with one attached hydrogen (secondary N) is 1. The maximum Gasteiger partial charge on any atom is 0.241 e. The molecule has 0 spiro atoms. The lowest BCUT2D eigenvalue weighted by molar-refractivity contribution is -0.130. The molecule has 29 heavy (non-hydrogen) atoms. The van der Waals surface area contributed by atoms with Gasteiger partial charge in [-0.25, -0.2) is 4.39 Å². The van der Waals surface area contributed by atoms with Gasteiger partial charge in [0.15, 0.2) is 0 Å². The van der Waals surface area contributed by atoms with Crippen LogP contribution in [0, 0.1) is 17.1 Å². The fourth-order valence-corrected chi connectivity index (χ4v) is 4.40. The SMILES string of the molecule is N#C[C@@]([SiH3])(Cc1ccc2c(c1)oc1cc(F)ccc12)NC(=O)C1(N)CCOCC1. The first-order valence-electron chi connectivity index (χ1n) is 9.53. The van der Waals surface area contributed by atoms with Gasteiger partial charge in [0.1, 0.15) is 22.1 Å². The average molecular weight is 412 g/mol. The molecule has 2 aromatic carbocycles. The van der Waals surface area contributed by atoms with Crippen molar-refractivity contribution >= 4 is 38.1 Å². The summed E-state index contributed by atoms with van der Waals surface area (Å²) in [7, 11) is 0.422. The van der Waals surface area contributed by atoms with E-state index in [2.05, 4.69) is 11.4 Å². The minimum atomic E-state index is -1.00. The number of amides is 1. The first-order chi connectivity index (χ1) is 13.8. The number of hydrogen-bond donors (Lipinski definition) is 2. The maximum atomic E-state index is 13.5. The fraction of sp³-hybridized carbons (Fsp3) is 0.333. The van der Waals surface area contributed by atoms with Crippen LogP contribution in [-0.2, 0) is 16.0 Å². The molecular weight excluding hydrogens is 389 g/mol. The van der Waals surface area contributed by atoms with Crippen LogP contribution in [0.25, 0.3) is 21.9 Å². The minimum Gasteiger partial charge on any atom is -0.456 e. The van der Waals surface area contributed by atoms with Crippen LogP contribution in [0.4, 0.5) is 4.39 Å². The second kappa shape index (κ2) is 7.26. The number of ether oxygens (including phenoxy) is 1. The summed E-state index contributed by atoms with van der Waals surface area (Å²) >= 11 is 0. The number of benzene rings is 2. The Bertz CT molecular complexity index is 1130. The Morgan fingerprint density at radius 1 is 1.24 bits per heavy atom. The lowest BCUT2D eigenvalue weighted by Crippen LogP contribution is -2.62. The van der Waals surface area contributed by atoms with Gasteiger partial charge in [-0.05, 0) is 36.6 Å². The first-order valence-corrected chi connectivity index (χ1v) is 10.5. The predicted molar refractivity (Wildman–Crippen MR) is 111 cm³/mol. The Morgan fingerprint density at radius 3 is 2.59 bits per heavy atom. The van der Waals surface area contributed by atoms with Crippen molar-refractivity contribution < 1.29 is 18.3 Å². The van der Waals surface area contributed by atoms with E-state index in [1.807, 2.05) is 18.2 Å². The Hall–Kier alpha value is -2.73. The van der Waals surface area contributed by atoms with Gasteiger partial charge in [-0.15, -0.1) is 0 Å². The van der Waals surface area contributed by atoms with Crippen molar-refractivity contribution in [1.82, 2.24) is 5.32 Å². The van der Waals surface area contributed by atoms with Crippen LogP contribution >= 0.6 is 0 Å². The number of nitriles is 1. The number of fused-ring (bicyclic) bond motifs is 3. The summed E-state index contributed by atoms with van der Waals surface area (Å²) < 4.78 is 24.5. The molecule has 2 heterocycles. The quantitative estimate of drug-likeness (QED) is 0.633. The molecule has 4 rings (SSSR count). The molecule has 6 nitrogen and oxygen atoms in total. The van der Waals surface area contributed by atoms with Gasteiger partial charge in [-0.3, -0.25) is 4.79 Å². The van der Waals surface area contributed by atoms with Crippen molar-refractivity contribution in [3.05, 3.63) is 47.8 Å². The number of carbonyl (C=O) groups excluding carboxylic acids is 1. The number of nitrogens with two attached hydrogens (primary N) is 1. The summed E-state index contributed by atoms with van der Waals surface area (Å²) in [6.45, 7) is 0.877. The second-order valence-electron chi connectivity index (χ2n) is 7.92. The van der Waals surface area contributed by atoms with E-state index in [4.69, 9.17) is 14.9 Å². The van der Waals surface area contributed by atoms with Crippen LogP contribution in [0.5, 0.6) is 0 Å². The summed E-state index contributed by atoms with van der Waals surface area (Å²) in [6.07, 6.45) is 1.21. The monoisotopic (exact) mass is 411 g/mol. The average Bonchev–Trinajstić information content (AvgIpc) is 3.04. The number of nitrogens with zero attached hydrogens (tertiary/aromatic N) is 1. The highest BCUT2D eigenvalue weighted by Gasteiger charge is 2.39. The third-order valence-electron chi connectivity index (χ3n) is 5.53. The highest BCUT2D eigenvalue weighted by molar-refractivity contribution is 6.19. The topological polar surface area (TPSA) is 101 Å². The Kier molecular flexibility index (Phi) is 4.90. The van der Waals surface area contributed by atoms with Gasteiger partial charge >= 0.3 is 0 Å². The third-order valence-corrected chi connectivity index (χ3v) is 6.36. The lowest BCUT2D eigenvalue weighted by atomic mass is 9.89. The third kappa shape index (κ3) is 3.77. The first kappa shape index (κ1) is 19.6. The van der Waals surface area contributed by atoms with Crippen molar-refractivity contribution in [1.29, 1.82) is 5.26 Å². The molecule has 3 aromatic rings. The molecule has 0 radical (unpaired) electrons. The van der Waals surface area contributed by atoms with E-state index < -0.39 is 10.7 Å². The summed E-state index contributed by atoms with van der Waals surface area (Å²) in [6, 6.07) is 12.4. The molecule has 0 saturated carbocycles. The van der Waals surface area contributed by atoms with Crippen LogP contribution in [0.2, 0.25) is 0 Å². The maximum absolute atomic E-state index is 13.5. The van der Waals surface area contributed by atoms with Crippen LogP contribution in [0.1, 0.15) is 18.4 Å². The highest BCUT2D eigenvalue weighted by Crippen LogP contribution is 2.30. The normalized spacial score (nSPS) is 18.4. The zero-order chi connectivity index (χ0) is 20.6. The summed E-state index contributed by atoms with van der Waals surface area (Å²) in [5.74, 6) is -0.663. The summed E-state index contributed by atoms with van der Waals surface area (Å²) in [5, 5.41) is 13.4. The van der Waals surface area contributed by atoms with Gasteiger partial charge in [0.05, 0.1) is 21.9 Å². The van der Waals surface area contributed by atoms with Crippen LogP contribution < -0.4 is 11.1 Å². The predicted octanol–water partition coefficient (Wildman–Crippen LogP) is 1.48. The van der Waals surface area contributed by atoms with Gasteiger partial charge in [-0.1, -0.05) is 12.1 Å². The fourth-order valence-electron chi connectivity index (χ4n) is 3.76. The molecule has 0 unspecified atom stereocenters. The zero-order valence-corrected chi connectivity index (χ0v) is 18.1. The van der Waals surface area contributed by atoms with Crippen LogP contribution in [0.3, 0.4) is 0 Å². The van der Waals surface area contributed by atoms with E-state index in [0.717, 1.165) is 16.3 Å². The molecule has 1 aromatic heterocycles. The zero-order valence-electron chi connectivity index (χ0n) is 16.1. The molecule has 150 valence electrons. The molecule has 1 saturated heterocycles. The van der Waals surface area contributed by atoms with E-state index in [1.54, 1.807) is 6.07 Å². The van der Waals surface area contributed by atoms with Gasteiger partial charge in [0.25, 0.3) is 0 Å². The van der Waals surface area contributed by atoms with Crippen molar-refractivity contribution in [3.8, 4) is 6.07 Å². The molecule has 1 atom stereocenters. The van der Waals surface area contributed by atoms with Crippen molar-refractivity contribution in [2.45, 2.75) is 30.0 Å². The molecule has 1 fully saturated rings. The number of halogens is 1. The van der Waals surface area contributed by atoms with Crippen molar-refractivity contribution in [3.63, 3.8) is 0 Å². The number of carbonyl (C=O) groups is 1. The van der Waals surface area contributed by atoms with E-state index in [0.29, 0.717) is 53.9 Å². The highest BCUT2D eigenvalue weighted by atomic mass is 28.1. The van der Waals surface area contributed by atoms with Crippen molar-refractivity contribution in [2.24, 2.45) is 5.73 Å². The minimum absolute atomic E-state index is 0.308. The van der Waals surface area contributed by atoms with Crippen LogP contribution in [-0.4, -0.2) is 40.1 Å². The number of hydrogen-bond acceptors (Lipinski definition) is 5. The number of rotatable bonds is 4. The van der Waals surface area contributed by atoms with E-state index in [-0.39, 0.29) is 11.7 Å². The summed E-state index contributed by atoms with van der Waals surface area (Å²) in [5.41, 5.74) is 7.21. The molecule has 0 bridgehead atoms.